The number of sulfone groups is 1. The van der Waals surface area contributed by atoms with Crippen molar-refractivity contribution in [1.29, 1.82) is 0 Å². The Bertz CT molecular complexity index is 529. The van der Waals surface area contributed by atoms with Crippen molar-refractivity contribution in [2.45, 2.75) is 62.7 Å². The van der Waals surface area contributed by atoms with Crippen LogP contribution in [0.5, 0.6) is 0 Å². The monoisotopic (exact) mass is 388 g/mol. The second-order valence-electron chi connectivity index (χ2n) is 6.43. The molecule has 138 valence electrons. The summed E-state index contributed by atoms with van der Waals surface area (Å²) >= 11 is 0. The van der Waals surface area contributed by atoms with E-state index in [1.54, 1.807) is 0 Å². The molecule has 0 spiro atoms. The molecule has 23 heavy (non-hydrogen) atoms. The molecule has 2 fully saturated rings. The number of nitrogens with one attached hydrogen (secondary N) is 2. The first kappa shape index (κ1) is 21.2. The average molecular weight is 389 g/mol. The van der Waals surface area contributed by atoms with Crippen LogP contribution in [-0.2, 0) is 19.9 Å². The van der Waals surface area contributed by atoms with Gasteiger partial charge < -0.3 is 5.32 Å². The molecule has 2 N–H and O–H groups in total. The Labute approximate surface area is 146 Å². The van der Waals surface area contributed by atoms with Crippen molar-refractivity contribution in [2.75, 3.05) is 24.6 Å². The molecule has 1 saturated heterocycles. The topological polar surface area (TPSA) is 92.3 Å². The van der Waals surface area contributed by atoms with E-state index in [0.717, 1.165) is 0 Å². The molecule has 9 heteroatoms. The van der Waals surface area contributed by atoms with Gasteiger partial charge in [0.2, 0.25) is 10.0 Å². The number of sulfonamides is 1. The number of hydrogen-bond acceptors (Lipinski definition) is 5. The highest BCUT2D eigenvalue weighted by Gasteiger charge is 2.32. The first-order valence-corrected chi connectivity index (χ1v) is 11.7. The second-order valence-corrected chi connectivity index (χ2v) is 10.8. The Balaban J connectivity index is 0.00000264. The van der Waals surface area contributed by atoms with E-state index in [2.05, 4.69) is 10.0 Å². The summed E-state index contributed by atoms with van der Waals surface area (Å²) in [7, 11) is -6.42. The number of halogens is 1. The van der Waals surface area contributed by atoms with Crippen LogP contribution in [0, 0.1) is 0 Å². The fourth-order valence-electron chi connectivity index (χ4n) is 3.25. The standard InChI is InChI=1S/C14H28N2O4S2.ClH/c17-21(18)11-7-14(8-12-21)22(19,20)16-10-9-15-13-5-3-1-2-4-6-13;/h13-16H,1-12H2;1H. The Morgan fingerprint density at radius 1 is 0.870 bits per heavy atom. The first-order valence-electron chi connectivity index (χ1n) is 8.31. The Hall–Kier alpha value is 0.110. The summed E-state index contributed by atoms with van der Waals surface area (Å²) in [6, 6.07) is 0.506. The van der Waals surface area contributed by atoms with Crippen LogP contribution in [0.2, 0.25) is 0 Å². The second kappa shape index (κ2) is 9.56. The van der Waals surface area contributed by atoms with Gasteiger partial charge in [-0.15, -0.1) is 12.4 Å². The molecule has 1 heterocycles. The van der Waals surface area contributed by atoms with Crippen LogP contribution in [0.3, 0.4) is 0 Å². The van der Waals surface area contributed by atoms with E-state index in [0.29, 0.717) is 19.1 Å². The van der Waals surface area contributed by atoms with E-state index in [9.17, 15) is 16.8 Å². The molecule has 1 saturated carbocycles. The fraction of sp³-hybridized carbons (Fsp3) is 1.00. The van der Waals surface area contributed by atoms with Crippen LogP contribution < -0.4 is 10.0 Å². The molecule has 0 aromatic carbocycles. The van der Waals surface area contributed by atoms with Gasteiger partial charge in [-0.2, -0.15) is 0 Å². The van der Waals surface area contributed by atoms with E-state index in [1.807, 2.05) is 0 Å². The first-order chi connectivity index (χ1) is 10.4. The van der Waals surface area contributed by atoms with E-state index < -0.39 is 25.1 Å². The SMILES string of the molecule is Cl.O=S1(=O)CCC(S(=O)(=O)NCCNC2CCCCCC2)CC1. The van der Waals surface area contributed by atoms with Crippen LogP contribution in [0.15, 0.2) is 0 Å². The summed E-state index contributed by atoms with van der Waals surface area (Å²) in [5, 5.41) is 2.87. The minimum Gasteiger partial charge on any atom is -0.313 e. The Morgan fingerprint density at radius 2 is 1.43 bits per heavy atom. The largest absolute Gasteiger partial charge is 0.313 e. The van der Waals surface area contributed by atoms with Crippen LogP contribution >= 0.6 is 12.4 Å². The predicted octanol–water partition coefficient (Wildman–Crippen LogP) is 1.22. The normalized spacial score (nSPS) is 23.8. The van der Waals surface area contributed by atoms with Gasteiger partial charge in [-0.3, -0.25) is 0 Å². The molecular weight excluding hydrogens is 360 g/mol. The lowest BCUT2D eigenvalue weighted by atomic mass is 10.1. The van der Waals surface area contributed by atoms with Crippen LogP contribution in [0.25, 0.3) is 0 Å². The van der Waals surface area contributed by atoms with E-state index >= 15 is 0 Å². The molecule has 0 aromatic heterocycles. The van der Waals surface area contributed by atoms with Crippen LogP contribution in [0.4, 0.5) is 0 Å². The van der Waals surface area contributed by atoms with Gasteiger partial charge in [-0.25, -0.2) is 21.6 Å². The minimum atomic E-state index is -3.40. The lowest BCUT2D eigenvalue weighted by molar-refractivity contribution is 0.460. The molecule has 0 bridgehead atoms. The maximum atomic E-state index is 12.2. The molecule has 2 rings (SSSR count). The quantitative estimate of drug-likeness (QED) is 0.527. The third-order valence-electron chi connectivity index (χ3n) is 4.66. The van der Waals surface area contributed by atoms with Crippen LogP contribution in [0.1, 0.15) is 51.4 Å². The highest BCUT2D eigenvalue weighted by molar-refractivity contribution is 7.92. The van der Waals surface area contributed by atoms with Crippen molar-refractivity contribution in [3.05, 3.63) is 0 Å². The zero-order valence-corrected chi connectivity index (χ0v) is 15.9. The Morgan fingerprint density at radius 3 is 2.00 bits per heavy atom. The van der Waals surface area contributed by atoms with E-state index in [4.69, 9.17) is 0 Å². The molecule has 0 unspecified atom stereocenters. The summed E-state index contributed by atoms with van der Waals surface area (Å²) < 4.78 is 49.7. The summed E-state index contributed by atoms with van der Waals surface area (Å²) in [5.74, 6) is -0.0300. The van der Waals surface area contributed by atoms with Gasteiger partial charge >= 0.3 is 0 Å². The Kier molecular flexibility index (Phi) is 8.79. The third-order valence-corrected chi connectivity index (χ3v) is 8.33. The molecular formula is C14H29ClN2O4S2. The van der Waals surface area contributed by atoms with E-state index in [1.165, 1.54) is 38.5 Å². The van der Waals surface area contributed by atoms with Gasteiger partial charge in [0, 0.05) is 19.1 Å². The van der Waals surface area contributed by atoms with Crippen molar-refractivity contribution in [3.63, 3.8) is 0 Å². The van der Waals surface area contributed by atoms with Gasteiger partial charge in [0.15, 0.2) is 0 Å². The molecule has 0 atom stereocenters. The maximum absolute atomic E-state index is 12.2. The summed E-state index contributed by atoms with van der Waals surface area (Å²) in [6.45, 7) is 1.01. The molecule has 0 radical (unpaired) electrons. The molecule has 6 nitrogen and oxygen atoms in total. The smallest absolute Gasteiger partial charge is 0.214 e. The van der Waals surface area contributed by atoms with Gasteiger partial charge in [-0.1, -0.05) is 25.7 Å². The van der Waals surface area contributed by atoms with Gasteiger partial charge in [0.05, 0.1) is 16.8 Å². The molecule has 1 aliphatic carbocycles. The highest BCUT2D eigenvalue weighted by Crippen LogP contribution is 2.19. The zero-order valence-electron chi connectivity index (χ0n) is 13.5. The predicted molar refractivity (Wildman–Crippen MR) is 95.3 cm³/mol. The summed E-state index contributed by atoms with van der Waals surface area (Å²) in [6.07, 6.45) is 7.88. The van der Waals surface area contributed by atoms with Gasteiger partial charge in [0.25, 0.3) is 0 Å². The van der Waals surface area contributed by atoms with Gasteiger partial charge in [0.1, 0.15) is 9.84 Å². The third kappa shape index (κ3) is 7.25. The fourth-order valence-corrected chi connectivity index (χ4v) is 6.52. The molecule has 2 aliphatic rings. The molecule has 0 amide bonds. The molecule has 0 aromatic rings. The lowest BCUT2D eigenvalue weighted by Crippen LogP contribution is -2.43. The number of rotatable bonds is 6. The summed E-state index contributed by atoms with van der Waals surface area (Å²) in [5.41, 5.74) is 0. The zero-order chi connectivity index (χ0) is 16.1. The maximum Gasteiger partial charge on any atom is 0.214 e. The van der Waals surface area contributed by atoms with Crippen molar-refractivity contribution in [1.82, 2.24) is 10.0 Å². The van der Waals surface area contributed by atoms with Crippen molar-refractivity contribution < 1.29 is 16.8 Å². The lowest BCUT2D eigenvalue weighted by Gasteiger charge is -2.22. The van der Waals surface area contributed by atoms with Gasteiger partial charge in [-0.05, 0) is 25.7 Å². The van der Waals surface area contributed by atoms with Crippen molar-refractivity contribution in [3.8, 4) is 0 Å². The minimum absolute atomic E-state index is 0. The summed E-state index contributed by atoms with van der Waals surface area (Å²) in [4.78, 5) is 0. The van der Waals surface area contributed by atoms with Crippen molar-refractivity contribution >= 4 is 32.3 Å². The van der Waals surface area contributed by atoms with E-state index in [-0.39, 0.29) is 36.8 Å². The van der Waals surface area contributed by atoms with Crippen molar-refractivity contribution in [2.24, 2.45) is 0 Å². The van der Waals surface area contributed by atoms with Crippen LogP contribution in [-0.4, -0.2) is 52.7 Å². The molecule has 1 aliphatic heterocycles. The highest BCUT2D eigenvalue weighted by atomic mass is 35.5. The average Bonchev–Trinajstić information content (AvgIpc) is 2.72. The number of hydrogen-bond donors (Lipinski definition) is 2.